The molecule has 190 valence electrons. The minimum absolute atomic E-state index is 0.0169. The predicted molar refractivity (Wildman–Crippen MR) is 129 cm³/mol. The molecule has 0 saturated heterocycles. The monoisotopic (exact) mass is 487 g/mol. The fourth-order valence-electron chi connectivity index (χ4n) is 2.74. The number of likely N-dealkylation sites (N-methyl/N-ethyl adjacent to an activating group) is 3. The molecular weight excluding hydrogens is 454 g/mol. The first-order valence-corrected chi connectivity index (χ1v) is 11.0. The van der Waals surface area contributed by atoms with Gasteiger partial charge in [-0.3, -0.25) is 19.2 Å². The highest BCUT2D eigenvalue weighted by atomic mass is 16.5. The molecule has 0 bridgehead atoms. The molecule has 4 N–H and O–H groups in total. The van der Waals surface area contributed by atoms with E-state index >= 15 is 0 Å². The SMILES string of the molecule is CNC(=O)[C@H](CC(=O)OCc1ccccc1)NC.CN[C@@H](CC(=O)OCc1ccccc1)C(=O)O. The Morgan fingerprint density at radius 2 is 1.11 bits per heavy atom. The number of carbonyl (C=O) groups is 4. The first-order chi connectivity index (χ1) is 16.8. The van der Waals surface area contributed by atoms with Crippen LogP contribution in [0.3, 0.4) is 0 Å². The van der Waals surface area contributed by atoms with E-state index in [9.17, 15) is 19.2 Å². The van der Waals surface area contributed by atoms with Crippen LogP contribution >= 0.6 is 0 Å². The maximum absolute atomic E-state index is 11.6. The predicted octanol–water partition coefficient (Wildman–Crippen LogP) is 1.25. The molecule has 0 heterocycles. The van der Waals surface area contributed by atoms with Gasteiger partial charge in [-0.05, 0) is 25.2 Å². The van der Waals surface area contributed by atoms with Crippen molar-refractivity contribution < 1.29 is 33.8 Å². The second-order valence-corrected chi connectivity index (χ2v) is 7.34. The molecule has 2 aromatic rings. The van der Waals surface area contributed by atoms with Gasteiger partial charge < -0.3 is 30.5 Å². The van der Waals surface area contributed by atoms with Crippen LogP contribution in [0.2, 0.25) is 0 Å². The van der Waals surface area contributed by atoms with E-state index in [1.54, 1.807) is 7.05 Å². The van der Waals surface area contributed by atoms with E-state index in [-0.39, 0.29) is 32.0 Å². The smallest absolute Gasteiger partial charge is 0.321 e. The fraction of sp³-hybridized carbons (Fsp3) is 0.360. The van der Waals surface area contributed by atoms with Crippen molar-refractivity contribution in [2.45, 2.75) is 38.1 Å². The summed E-state index contributed by atoms with van der Waals surface area (Å²) in [4.78, 5) is 45.0. The molecule has 2 aromatic carbocycles. The van der Waals surface area contributed by atoms with Crippen molar-refractivity contribution in [1.82, 2.24) is 16.0 Å². The van der Waals surface area contributed by atoms with Crippen molar-refractivity contribution in [3.63, 3.8) is 0 Å². The number of ether oxygens (including phenoxy) is 2. The van der Waals surface area contributed by atoms with Crippen LogP contribution in [-0.2, 0) is 41.9 Å². The summed E-state index contributed by atoms with van der Waals surface area (Å²) in [6.45, 7) is 0.388. The second-order valence-electron chi connectivity index (χ2n) is 7.34. The molecule has 0 saturated carbocycles. The summed E-state index contributed by atoms with van der Waals surface area (Å²) in [5.41, 5.74) is 1.80. The molecule has 0 aliphatic rings. The average molecular weight is 488 g/mol. The minimum atomic E-state index is -1.07. The lowest BCUT2D eigenvalue weighted by Crippen LogP contribution is -2.42. The van der Waals surface area contributed by atoms with Crippen molar-refractivity contribution in [2.75, 3.05) is 21.1 Å². The number of esters is 2. The van der Waals surface area contributed by atoms with Gasteiger partial charge in [0.05, 0.1) is 18.9 Å². The standard InChI is InChI=1S/C13H18N2O3.C12H15NO4/c1-14-11(13(17)15-2)8-12(16)18-9-10-6-4-3-5-7-10;1-13-10(12(15)16)7-11(14)17-8-9-5-3-2-4-6-9/h3-7,11,14H,8-9H2,1-2H3,(H,15,17);2-6,10,13H,7-8H2,1H3,(H,15,16)/t11-;10-/m00/s1. The van der Waals surface area contributed by atoms with Crippen LogP contribution in [0.15, 0.2) is 60.7 Å². The van der Waals surface area contributed by atoms with Crippen LogP contribution in [0.1, 0.15) is 24.0 Å². The van der Waals surface area contributed by atoms with Crippen LogP contribution < -0.4 is 16.0 Å². The van der Waals surface area contributed by atoms with Crippen molar-refractivity contribution in [2.24, 2.45) is 0 Å². The van der Waals surface area contributed by atoms with E-state index in [0.29, 0.717) is 0 Å². The summed E-state index contributed by atoms with van der Waals surface area (Å²) in [5, 5.41) is 16.5. The summed E-state index contributed by atoms with van der Waals surface area (Å²) in [6, 6.07) is 17.2. The number of carbonyl (C=O) groups excluding carboxylic acids is 3. The van der Waals surface area contributed by atoms with Crippen molar-refractivity contribution in [3.05, 3.63) is 71.8 Å². The van der Waals surface area contributed by atoms with Gasteiger partial charge in [-0.2, -0.15) is 0 Å². The number of rotatable bonds is 12. The highest BCUT2D eigenvalue weighted by Crippen LogP contribution is 2.04. The van der Waals surface area contributed by atoms with Crippen LogP contribution in [-0.4, -0.2) is 62.1 Å². The van der Waals surface area contributed by atoms with Crippen molar-refractivity contribution in [3.8, 4) is 0 Å². The van der Waals surface area contributed by atoms with Gasteiger partial charge >= 0.3 is 17.9 Å². The zero-order valence-electron chi connectivity index (χ0n) is 20.2. The first-order valence-electron chi connectivity index (χ1n) is 11.0. The quantitative estimate of drug-likeness (QED) is 0.325. The molecule has 0 aliphatic carbocycles. The van der Waals surface area contributed by atoms with Gasteiger partial charge in [0.2, 0.25) is 5.91 Å². The molecule has 0 spiro atoms. The van der Waals surface area contributed by atoms with Crippen LogP contribution in [0.4, 0.5) is 0 Å². The third-order valence-corrected chi connectivity index (χ3v) is 4.78. The molecule has 0 aliphatic heterocycles. The Morgan fingerprint density at radius 3 is 1.46 bits per heavy atom. The molecular formula is C25H33N3O7. The summed E-state index contributed by atoms with van der Waals surface area (Å²) in [5.74, 6) is -2.23. The Labute approximate surface area is 205 Å². The molecule has 0 radical (unpaired) electrons. The van der Waals surface area contributed by atoms with Crippen LogP contribution in [0.25, 0.3) is 0 Å². The molecule has 10 nitrogen and oxygen atoms in total. The maximum atomic E-state index is 11.6. The number of benzene rings is 2. The lowest BCUT2D eigenvalue weighted by atomic mass is 10.2. The lowest BCUT2D eigenvalue weighted by molar-refractivity contribution is -0.150. The number of nitrogens with one attached hydrogen (secondary N) is 3. The third-order valence-electron chi connectivity index (χ3n) is 4.78. The number of carboxylic acids is 1. The Morgan fingerprint density at radius 1 is 0.714 bits per heavy atom. The van der Waals surface area contributed by atoms with Gasteiger partial charge in [-0.1, -0.05) is 60.7 Å². The molecule has 0 fully saturated rings. The van der Waals surface area contributed by atoms with E-state index in [1.807, 2.05) is 60.7 Å². The van der Waals surface area contributed by atoms with E-state index in [4.69, 9.17) is 14.6 Å². The zero-order valence-corrected chi connectivity index (χ0v) is 20.2. The Hall–Kier alpha value is -3.76. The number of aliphatic carboxylic acids is 1. The van der Waals surface area contributed by atoms with Crippen molar-refractivity contribution >= 4 is 23.8 Å². The summed E-state index contributed by atoms with van der Waals surface area (Å²) >= 11 is 0. The van der Waals surface area contributed by atoms with Crippen LogP contribution in [0.5, 0.6) is 0 Å². The highest BCUT2D eigenvalue weighted by Gasteiger charge is 2.20. The Kier molecular flexibility index (Phi) is 14.0. The minimum Gasteiger partial charge on any atom is -0.480 e. The first kappa shape index (κ1) is 29.3. The Bertz CT molecular complexity index is 923. The fourth-order valence-corrected chi connectivity index (χ4v) is 2.74. The van der Waals surface area contributed by atoms with E-state index in [2.05, 4.69) is 16.0 Å². The van der Waals surface area contributed by atoms with Crippen LogP contribution in [0, 0.1) is 0 Å². The average Bonchev–Trinajstić information content (AvgIpc) is 2.88. The summed E-state index contributed by atoms with van der Waals surface area (Å²) in [6.07, 6.45) is -0.165. The lowest BCUT2D eigenvalue weighted by Gasteiger charge is -2.13. The molecule has 35 heavy (non-hydrogen) atoms. The maximum Gasteiger partial charge on any atom is 0.321 e. The number of carboxylic acid groups (broad SMARTS) is 1. The van der Waals surface area contributed by atoms with Crippen molar-refractivity contribution in [1.29, 1.82) is 0 Å². The van der Waals surface area contributed by atoms with Gasteiger partial charge in [0.15, 0.2) is 0 Å². The normalized spacial score (nSPS) is 11.7. The molecule has 0 aromatic heterocycles. The number of hydrogen-bond donors (Lipinski definition) is 4. The van der Waals surface area contributed by atoms with Gasteiger partial charge in [0.25, 0.3) is 0 Å². The van der Waals surface area contributed by atoms with E-state index in [0.717, 1.165) is 11.1 Å². The third kappa shape index (κ3) is 12.3. The number of hydrogen-bond acceptors (Lipinski definition) is 8. The van der Waals surface area contributed by atoms with E-state index in [1.165, 1.54) is 14.1 Å². The number of amides is 1. The molecule has 2 atom stereocenters. The molecule has 0 unspecified atom stereocenters. The van der Waals surface area contributed by atoms with Gasteiger partial charge in [0, 0.05) is 7.05 Å². The molecule has 1 amide bonds. The zero-order chi connectivity index (χ0) is 26.1. The van der Waals surface area contributed by atoms with Gasteiger partial charge in [-0.15, -0.1) is 0 Å². The van der Waals surface area contributed by atoms with E-state index < -0.39 is 30.0 Å². The summed E-state index contributed by atoms with van der Waals surface area (Å²) < 4.78 is 10.1. The topological polar surface area (TPSA) is 143 Å². The van der Waals surface area contributed by atoms with Gasteiger partial charge in [0.1, 0.15) is 19.3 Å². The molecule has 2 rings (SSSR count). The largest absolute Gasteiger partial charge is 0.480 e. The Balaban J connectivity index is 0.000000351. The second kappa shape index (κ2) is 16.8. The highest BCUT2D eigenvalue weighted by molar-refractivity contribution is 5.86. The molecule has 10 heteroatoms. The summed E-state index contributed by atoms with van der Waals surface area (Å²) in [7, 11) is 4.65. The van der Waals surface area contributed by atoms with Gasteiger partial charge in [-0.25, -0.2) is 0 Å².